The Bertz CT molecular complexity index is 298. The van der Waals surface area contributed by atoms with Crippen molar-refractivity contribution in [3.8, 4) is 0 Å². The predicted octanol–water partition coefficient (Wildman–Crippen LogP) is 2.22. The van der Waals surface area contributed by atoms with Gasteiger partial charge in [-0.2, -0.15) is 0 Å². The van der Waals surface area contributed by atoms with Crippen molar-refractivity contribution in [3.63, 3.8) is 0 Å². The van der Waals surface area contributed by atoms with E-state index in [0.29, 0.717) is 17.0 Å². The fourth-order valence-electron chi connectivity index (χ4n) is 1.46. The topological polar surface area (TPSA) is 24.1 Å². The second-order valence-electron chi connectivity index (χ2n) is 3.55. The molecule has 0 aliphatic carbocycles. The fourth-order valence-corrected chi connectivity index (χ4v) is 1.72. The molecule has 90 valence electrons. The maximum absolute atomic E-state index is 13.4. The zero-order valence-electron chi connectivity index (χ0n) is 9.52. The molecular weight excluding hydrogens is 227 g/mol. The first-order valence-electron chi connectivity index (χ1n) is 5.60. The molecule has 1 aromatic carbocycles. The van der Waals surface area contributed by atoms with Gasteiger partial charge in [0.25, 0.3) is 0 Å². The van der Waals surface area contributed by atoms with Gasteiger partial charge in [0.2, 0.25) is 0 Å². The third-order valence-corrected chi connectivity index (χ3v) is 2.70. The number of nitrogens with one attached hydrogen (secondary N) is 2. The van der Waals surface area contributed by atoms with Crippen molar-refractivity contribution in [2.24, 2.45) is 0 Å². The first-order chi connectivity index (χ1) is 7.75. The summed E-state index contributed by atoms with van der Waals surface area (Å²) in [7, 11) is 0. The smallest absolute Gasteiger partial charge is 0.127 e. The second kappa shape index (κ2) is 7.60. The molecule has 2 nitrogen and oxygen atoms in total. The van der Waals surface area contributed by atoms with Crippen molar-refractivity contribution >= 4 is 11.6 Å². The summed E-state index contributed by atoms with van der Waals surface area (Å²) in [6.45, 7) is 5.60. The zero-order chi connectivity index (χ0) is 11.8. The SMILES string of the molecule is CCNCCNCCc1c(F)cccc1Cl. The summed E-state index contributed by atoms with van der Waals surface area (Å²) in [5.41, 5.74) is 0.597. The summed E-state index contributed by atoms with van der Waals surface area (Å²) in [5, 5.41) is 6.95. The molecule has 1 aromatic rings. The highest BCUT2D eigenvalue weighted by molar-refractivity contribution is 6.31. The zero-order valence-corrected chi connectivity index (χ0v) is 10.3. The Morgan fingerprint density at radius 2 is 1.94 bits per heavy atom. The van der Waals surface area contributed by atoms with E-state index in [1.165, 1.54) is 6.07 Å². The molecule has 0 spiro atoms. The molecule has 0 unspecified atom stereocenters. The van der Waals surface area contributed by atoms with E-state index in [4.69, 9.17) is 11.6 Å². The van der Waals surface area contributed by atoms with Crippen molar-refractivity contribution in [3.05, 3.63) is 34.6 Å². The van der Waals surface area contributed by atoms with Crippen molar-refractivity contribution in [2.75, 3.05) is 26.2 Å². The Labute approximate surface area is 101 Å². The van der Waals surface area contributed by atoms with Crippen molar-refractivity contribution in [1.82, 2.24) is 10.6 Å². The third kappa shape index (κ3) is 4.47. The molecule has 0 amide bonds. The lowest BCUT2D eigenvalue weighted by atomic mass is 10.1. The molecule has 1 rings (SSSR count). The summed E-state index contributed by atoms with van der Waals surface area (Å²) < 4.78 is 13.4. The molecule has 0 heterocycles. The summed E-state index contributed by atoms with van der Waals surface area (Å²) in [4.78, 5) is 0. The molecule has 0 aliphatic heterocycles. The highest BCUT2D eigenvalue weighted by atomic mass is 35.5. The molecule has 0 aromatic heterocycles. The number of hydrogen-bond acceptors (Lipinski definition) is 2. The van der Waals surface area contributed by atoms with Gasteiger partial charge in [0.15, 0.2) is 0 Å². The Kier molecular flexibility index (Phi) is 6.38. The molecule has 0 fully saturated rings. The maximum Gasteiger partial charge on any atom is 0.127 e. The van der Waals surface area contributed by atoms with Crippen LogP contribution in [0.1, 0.15) is 12.5 Å². The molecule has 0 saturated heterocycles. The molecule has 2 N–H and O–H groups in total. The van der Waals surface area contributed by atoms with E-state index in [0.717, 1.165) is 26.2 Å². The van der Waals surface area contributed by atoms with Crippen LogP contribution in [0.2, 0.25) is 5.02 Å². The molecule has 16 heavy (non-hydrogen) atoms. The molecule has 4 heteroatoms. The number of benzene rings is 1. The van der Waals surface area contributed by atoms with Crippen LogP contribution in [0, 0.1) is 5.82 Å². The summed E-state index contributed by atoms with van der Waals surface area (Å²) >= 11 is 5.91. The van der Waals surface area contributed by atoms with Gasteiger partial charge in [0, 0.05) is 23.7 Å². The minimum absolute atomic E-state index is 0.221. The van der Waals surface area contributed by atoms with Gasteiger partial charge < -0.3 is 10.6 Å². The molecule has 0 atom stereocenters. The summed E-state index contributed by atoms with van der Waals surface area (Å²) in [6, 6.07) is 4.79. The first kappa shape index (κ1) is 13.4. The van der Waals surface area contributed by atoms with Gasteiger partial charge >= 0.3 is 0 Å². The van der Waals surface area contributed by atoms with Crippen LogP contribution in [0.5, 0.6) is 0 Å². The Morgan fingerprint density at radius 1 is 1.19 bits per heavy atom. The van der Waals surface area contributed by atoms with Gasteiger partial charge in [-0.1, -0.05) is 24.6 Å². The van der Waals surface area contributed by atoms with E-state index in [1.807, 2.05) is 0 Å². The van der Waals surface area contributed by atoms with Crippen LogP contribution in [0.15, 0.2) is 18.2 Å². The second-order valence-corrected chi connectivity index (χ2v) is 3.96. The maximum atomic E-state index is 13.4. The Hall–Kier alpha value is -0.640. The summed E-state index contributed by atoms with van der Waals surface area (Å²) in [6.07, 6.45) is 0.623. The third-order valence-electron chi connectivity index (χ3n) is 2.34. The Morgan fingerprint density at radius 3 is 2.62 bits per heavy atom. The van der Waals surface area contributed by atoms with E-state index in [2.05, 4.69) is 17.6 Å². The standard InChI is InChI=1S/C12H18ClFN2/c1-2-15-8-9-16-7-6-10-11(13)4-3-5-12(10)14/h3-5,15-16H,2,6-9H2,1H3. The lowest BCUT2D eigenvalue weighted by molar-refractivity contribution is 0.589. The average molecular weight is 245 g/mol. The van der Waals surface area contributed by atoms with Crippen LogP contribution < -0.4 is 10.6 Å². The predicted molar refractivity (Wildman–Crippen MR) is 66.5 cm³/mol. The van der Waals surface area contributed by atoms with Crippen LogP contribution in [-0.2, 0) is 6.42 Å². The minimum Gasteiger partial charge on any atom is -0.316 e. The normalized spacial score (nSPS) is 10.7. The Balaban J connectivity index is 2.26. The van der Waals surface area contributed by atoms with Crippen LogP contribution in [0.25, 0.3) is 0 Å². The summed E-state index contributed by atoms with van der Waals surface area (Å²) in [5.74, 6) is -0.221. The van der Waals surface area contributed by atoms with E-state index < -0.39 is 0 Å². The van der Waals surface area contributed by atoms with E-state index >= 15 is 0 Å². The molecule has 0 radical (unpaired) electrons. The number of hydrogen-bond donors (Lipinski definition) is 2. The van der Waals surface area contributed by atoms with Gasteiger partial charge in [0.1, 0.15) is 5.82 Å². The first-order valence-corrected chi connectivity index (χ1v) is 5.97. The number of rotatable bonds is 7. The highest BCUT2D eigenvalue weighted by Crippen LogP contribution is 2.18. The van der Waals surface area contributed by atoms with Gasteiger partial charge in [-0.15, -0.1) is 0 Å². The lowest BCUT2D eigenvalue weighted by Crippen LogP contribution is -2.28. The highest BCUT2D eigenvalue weighted by Gasteiger charge is 2.05. The van der Waals surface area contributed by atoms with Crippen molar-refractivity contribution in [2.45, 2.75) is 13.3 Å². The van der Waals surface area contributed by atoms with Crippen LogP contribution in [0.3, 0.4) is 0 Å². The molecule has 0 saturated carbocycles. The molecule has 0 aliphatic rings. The molecule has 0 bridgehead atoms. The van der Waals surface area contributed by atoms with E-state index in [9.17, 15) is 4.39 Å². The number of likely N-dealkylation sites (N-methyl/N-ethyl adjacent to an activating group) is 1. The monoisotopic (exact) mass is 244 g/mol. The van der Waals surface area contributed by atoms with Crippen LogP contribution >= 0.6 is 11.6 Å². The van der Waals surface area contributed by atoms with E-state index in [1.54, 1.807) is 12.1 Å². The van der Waals surface area contributed by atoms with Crippen molar-refractivity contribution in [1.29, 1.82) is 0 Å². The average Bonchev–Trinajstić information content (AvgIpc) is 2.26. The van der Waals surface area contributed by atoms with Gasteiger partial charge in [-0.05, 0) is 31.6 Å². The fraction of sp³-hybridized carbons (Fsp3) is 0.500. The minimum atomic E-state index is -0.221. The van der Waals surface area contributed by atoms with E-state index in [-0.39, 0.29) is 5.82 Å². The quantitative estimate of drug-likeness (QED) is 0.719. The molecular formula is C12H18ClFN2. The van der Waals surface area contributed by atoms with Crippen LogP contribution in [-0.4, -0.2) is 26.2 Å². The lowest BCUT2D eigenvalue weighted by Gasteiger charge is -2.07. The number of halogens is 2. The largest absolute Gasteiger partial charge is 0.316 e. The van der Waals surface area contributed by atoms with Crippen LogP contribution in [0.4, 0.5) is 4.39 Å². The van der Waals surface area contributed by atoms with Crippen molar-refractivity contribution < 1.29 is 4.39 Å². The van der Waals surface area contributed by atoms with Gasteiger partial charge in [-0.25, -0.2) is 4.39 Å². The van der Waals surface area contributed by atoms with Gasteiger partial charge in [-0.3, -0.25) is 0 Å². The van der Waals surface area contributed by atoms with Gasteiger partial charge in [0.05, 0.1) is 0 Å².